The monoisotopic (exact) mass is 399 g/mol. The van der Waals surface area contributed by atoms with E-state index in [9.17, 15) is 18.3 Å². The minimum atomic E-state index is -3.97. The highest BCUT2D eigenvalue weighted by Gasteiger charge is 2.21. The van der Waals surface area contributed by atoms with Gasteiger partial charge in [0.15, 0.2) is 5.82 Å². The van der Waals surface area contributed by atoms with Gasteiger partial charge in [-0.3, -0.25) is 9.40 Å². The van der Waals surface area contributed by atoms with Crippen LogP contribution in [0.25, 0.3) is 0 Å². The van der Waals surface area contributed by atoms with Crippen LogP contribution in [0.5, 0.6) is 0 Å². The summed E-state index contributed by atoms with van der Waals surface area (Å²) in [7, 11) is -3.97. The van der Waals surface area contributed by atoms with E-state index in [4.69, 9.17) is 0 Å². The molecule has 3 rings (SSSR count). The molecule has 0 bridgehead atoms. The van der Waals surface area contributed by atoms with Crippen LogP contribution in [-0.2, 0) is 10.0 Å². The Kier molecular flexibility index (Phi) is 5.24. The van der Waals surface area contributed by atoms with E-state index >= 15 is 0 Å². The molecule has 0 aliphatic heterocycles. The smallest absolute Gasteiger partial charge is 0.336 e. The maximum atomic E-state index is 12.7. The van der Waals surface area contributed by atoms with Gasteiger partial charge in [-0.15, -0.1) is 0 Å². The van der Waals surface area contributed by atoms with E-state index in [0.29, 0.717) is 11.1 Å². The minimum Gasteiger partial charge on any atom is -0.478 e. The van der Waals surface area contributed by atoms with Gasteiger partial charge in [0.1, 0.15) is 0 Å². The molecule has 8 heteroatoms. The van der Waals surface area contributed by atoms with Crippen molar-refractivity contribution in [1.82, 2.24) is 9.78 Å². The molecule has 0 aliphatic rings. The minimum absolute atomic E-state index is 0.0383. The molecule has 0 spiro atoms. The summed E-state index contributed by atoms with van der Waals surface area (Å²) in [4.78, 5) is 11.3. The molecule has 0 saturated carbocycles. The van der Waals surface area contributed by atoms with Crippen LogP contribution in [-0.4, -0.2) is 29.3 Å². The highest BCUT2D eigenvalue weighted by molar-refractivity contribution is 7.92. The van der Waals surface area contributed by atoms with Crippen LogP contribution in [0.3, 0.4) is 0 Å². The van der Waals surface area contributed by atoms with E-state index in [-0.39, 0.29) is 22.3 Å². The lowest BCUT2D eigenvalue weighted by atomic mass is 10.0. The fraction of sp³-hybridized carbons (Fsp3) is 0.200. The Morgan fingerprint density at radius 3 is 2.46 bits per heavy atom. The fourth-order valence-electron chi connectivity index (χ4n) is 2.89. The van der Waals surface area contributed by atoms with Crippen molar-refractivity contribution < 1.29 is 18.3 Å². The molecule has 1 aromatic heterocycles. The zero-order chi connectivity index (χ0) is 20.5. The fourth-order valence-corrected chi connectivity index (χ4v) is 4.00. The molecule has 0 unspecified atom stereocenters. The van der Waals surface area contributed by atoms with Crippen molar-refractivity contribution >= 4 is 21.8 Å². The largest absolute Gasteiger partial charge is 0.478 e. The second-order valence-corrected chi connectivity index (χ2v) is 8.27. The Balaban J connectivity index is 1.88. The van der Waals surface area contributed by atoms with Crippen molar-refractivity contribution in [2.45, 2.75) is 31.7 Å². The van der Waals surface area contributed by atoms with Crippen LogP contribution in [0.2, 0.25) is 0 Å². The second kappa shape index (κ2) is 7.47. The first-order chi connectivity index (χ1) is 13.2. The van der Waals surface area contributed by atoms with Crippen LogP contribution in [0, 0.1) is 13.8 Å². The lowest BCUT2D eigenvalue weighted by Crippen LogP contribution is -2.16. The highest BCUT2D eigenvalue weighted by atomic mass is 32.2. The topological polar surface area (TPSA) is 101 Å². The first kappa shape index (κ1) is 19.6. The maximum Gasteiger partial charge on any atom is 0.336 e. The van der Waals surface area contributed by atoms with Crippen LogP contribution in [0.4, 0.5) is 5.82 Å². The first-order valence-corrected chi connectivity index (χ1v) is 10.1. The highest BCUT2D eigenvalue weighted by Crippen LogP contribution is 2.23. The zero-order valence-electron chi connectivity index (χ0n) is 15.7. The summed E-state index contributed by atoms with van der Waals surface area (Å²) in [6.07, 6.45) is 1.69. The molecule has 0 radical (unpaired) electrons. The van der Waals surface area contributed by atoms with Crippen molar-refractivity contribution in [2.24, 2.45) is 0 Å². The average molecular weight is 399 g/mol. The molecule has 0 amide bonds. The summed E-state index contributed by atoms with van der Waals surface area (Å²) in [6.45, 7) is 5.29. The molecular formula is C20H21N3O4S. The molecular weight excluding hydrogens is 378 g/mol. The maximum absolute atomic E-state index is 12.7. The van der Waals surface area contributed by atoms with Gasteiger partial charge in [0, 0.05) is 12.3 Å². The molecule has 0 fully saturated rings. The molecule has 0 aliphatic carbocycles. The average Bonchev–Trinajstić information content (AvgIpc) is 3.11. The third-order valence-corrected chi connectivity index (χ3v) is 6.04. The Hall–Kier alpha value is -3.13. The number of carboxylic acid groups (broad SMARTS) is 1. The van der Waals surface area contributed by atoms with E-state index in [1.54, 1.807) is 30.8 Å². The quantitative estimate of drug-likeness (QED) is 0.659. The molecule has 3 aromatic rings. The van der Waals surface area contributed by atoms with Crippen molar-refractivity contribution in [3.05, 3.63) is 77.0 Å². The van der Waals surface area contributed by atoms with Gasteiger partial charge in [-0.1, -0.05) is 30.3 Å². The normalized spacial score (nSPS) is 12.5. The summed E-state index contributed by atoms with van der Waals surface area (Å²) >= 11 is 0. The zero-order valence-corrected chi connectivity index (χ0v) is 16.6. The van der Waals surface area contributed by atoms with E-state index in [2.05, 4.69) is 9.82 Å². The molecule has 0 saturated heterocycles. The molecule has 1 heterocycles. The van der Waals surface area contributed by atoms with Gasteiger partial charge in [0.2, 0.25) is 0 Å². The Morgan fingerprint density at radius 2 is 1.82 bits per heavy atom. The number of carboxylic acids is 1. The van der Waals surface area contributed by atoms with E-state index < -0.39 is 16.0 Å². The van der Waals surface area contributed by atoms with Gasteiger partial charge < -0.3 is 5.11 Å². The van der Waals surface area contributed by atoms with Gasteiger partial charge >= 0.3 is 5.97 Å². The van der Waals surface area contributed by atoms with Gasteiger partial charge in [-0.25, -0.2) is 13.2 Å². The molecule has 1 atom stereocenters. The number of aromatic carboxylic acids is 1. The van der Waals surface area contributed by atoms with Gasteiger partial charge in [0.25, 0.3) is 10.0 Å². The van der Waals surface area contributed by atoms with Gasteiger partial charge in [0.05, 0.1) is 16.5 Å². The van der Waals surface area contributed by atoms with Crippen LogP contribution >= 0.6 is 0 Å². The first-order valence-electron chi connectivity index (χ1n) is 8.66. The molecule has 146 valence electrons. The van der Waals surface area contributed by atoms with Crippen LogP contribution in [0.15, 0.2) is 59.6 Å². The van der Waals surface area contributed by atoms with Crippen LogP contribution in [0.1, 0.15) is 40.0 Å². The second-order valence-electron chi connectivity index (χ2n) is 6.59. The van der Waals surface area contributed by atoms with Crippen LogP contribution < -0.4 is 4.72 Å². The van der Waals surface area contributed by atoms with E-state index in [1.807, 2.05) is 37.3 Å². The summed E-state index contributed by atoms with van der Waals surface area (Å²) in [5.41, 5.74) is 2.12. The SMILES string of the molecule is Cc1cc(S(=O)(=O)Nc2ccn([C@H](C)c3ccccc3)n2)cc(C(=O)O)c1C. The Labute approximate surface area is 163 Å². The number of nitrogens with one attached hydrogen (secondary N) is 1. The summed E-state index contributed by atoms with van der Waals surface area (Å²) in [5, 5.41) is 13.6. The number of hydrogen-bond donors (Lipinski definition) is 2. The number of nitrogens with zero attached hydrogens (tertiary/aromatic N) is 2. The molecule has 2 aromatic carbocycles. The van der Waals surface area contributed by atoms with Gasteiger partial charge in [-0.05, 0) is 49.6 Å². The number of hydrogen-bond acceptors (Lipinski definition) is 4. The Morgan fingerprint density at radius 1 is 1.14 bits per heavy atom. The van der Waals surface area contributed by atoms with Crippen molar-refractivity contribution in [3.63, 3.8) is 0 Å². The van der Waals surface area contributed by atoms with Gasteiger partial charge in [-0.2, -0.15) is 5.10 Å². The van der Waals surface area contributed by atoms with Crippen molar-refractivity contribution in [1.29, 1.82) is 0 Å². The summed E-state index contributed by atoms with van der Waals surface area (Å²) in [5.74, 6) is -1.00. The van der Waals surface area contributed by atoms with Crippen molar-refractivity contribution in [3.8, 4) is 0 Å². The number of benzene rings is 2. The number of aromatic nitrogens is 2. The summed E-state index contributed by atoms with van der Waals surface area (Å²) < 4.78 is 29.6. The van der Waals surface area contributed by atoms with E-state index in [0.717, 1.165) is 11.6 Å². The lowest BCUT2D eigenvalue weighted by molar-refractivity contribution is 0.0695. The van der Waals surface area contributed by atoms with Crippen molar-refractivity contribution in [2.75, 3.05) is 4.72 Å². The molecule has 28 heavy (non-hydrogen) atoms. The number of rotatable bonds is 6. The number of carbonyl (C=O) groups is 1. The number of anilines is 1. The molecule has 2 N–H and O–H groups in total. The number of sulfonamides is 1. The summed E-state index contributed by atoms with van der Waals surface area (Å²) in [6, 6.07) is 13.8. The third kappa shape index (κ3) is 3.91. The lowest BCUT2D eigenvalue weighted by Gasteiger charge is -2.13. The third-order valence-electron chi connectivity index (χ3n) is 4.71. The predicted octanol–water partition coefficient (Wildman–Crippen LogP) is 3.61. The predicted molar refractivity (Wildman–Crippen MR) is 106 cm³/mol. The Bertz CT molecular complexity index is 1120. The van der Waals surface area contributed by atoms with E-state index in [1.165, 1.54) is 6.07 Å². The standard InChI is InChI=1S/C20H21N3O4S/c1-13-11-17(12-18(14(13)2)20(24)25)28(26,27)22-19-9-10-23(21-19)15(3)16-7-5-4-6-8-16/h4-12,15H,1-3H3,(H,21,22)(H,24,25)/t15-/m1/s1. The molecule has 7 nitrogen and oxygen atoms in total. The number of aryl methyl sites for hydroxylation is 1.